The van der Waals surface area contributed by atoms with E-state index in [2.05, 4.69) is 44.1 Å². The normalized spacial score (nSPS) is 28.0. The molecule has 8 heteroatoms. The van der Waals surface area contributed by atoms with Gasteiger partial charge in [0.1, 0.15) is 5.15 Å². The third-order valence-corrected chi connectivity index (χ3v) is 7.89. The maximum atomic E-state index is 10.9. The molecule has 2 aromatic rings. The van der Waals surface area contributed by atoms with Gasteiger partial charge in [-0.3, -0.25) is 9.47 Å². The molecule has 0 amide bonds. The summed E-state index contributed by atoms with van der Waals surface area (Å²) >= 11 is 5.99. The van der Waals surface area contributed by atoms with Gasteiger partial charge in [-0.05, 0) is 37.3 Å². The Morgan fingerprint density at radius 1 is 0.875 bits per heavy atom. The molecule has 3 heterocycles. The van der Waals surface area contributed by atoms with E-state index in [9.17, 15) is 10.2 Å². The SMILES string of the molecule is Oc1c2c(c(O)n1CCCCN1CCN(c3nccc(Cl)n3)CC1)C1C=CC2C2C=CC12. The van der Waals surface area contributed by atoms with Gasteiger partial charge in [-0.2, -0.15) is 0 Å². The summed E-state index contributed by atoms with van der Waals surface area (Å²) in [7, 11) is 0. The number of anilines is 1. The van der Waals surface area contributed by atoms with Crippen molar-refractivity contribution in [3.63, 3.8) is 0 Å². The molecule has 0 saturated carbocycles. The Morgan fingerprint density at radius 2 is 1.50 bits per heavy atom. The lowest BCUT2D eigenvalue weighted by Crippen LogP contribution is -2.47. The average molecular weight is 454 g/mol. The van der Waals surface area contributed by atoms with Gasteiger partial charge in [-0.25, -0.2) is 9.97 Å². The molecule has 0 spiro atoms. The van der Waals surface area contributed by atoms with E-state index in [4.69, 9.17) is 11.6 Å². The number of piperazine rings is 1. The monoisotopic (exact) mass is 453 g/mol. The van der Waals surface area contributed by atoms with Gasteiger partial charge in [0.05, 0.1) is 0 Å². The van der Waals surface area contributed by atoms with Crippen LogP contribution in [0.2, 0.25) is 5.15 Å². The molecule has 4 unspecified atom stereocenters. The van der Waals surface area contributed by atoms with Crippen LogP contribution in [-0.2, 0) is 6.54 Å². The minimum Gasteiger partial charge on any atom is -0.494 e. The zero-order chi connectivity index (χ0) is 21.8. The molecule has 4 aliphatic carbocycles. The largest absolute Gasteiger partial charge is 0.494 e. The second-order valence-electron chi connectivity index (χ2n) is 9.32. The molecule has 2 bridgehead atoms. The van der Waals surface area contributed by atoms with Gasteiger partial charge in [0, 0.05) is 61.9 Å². The standard InChI is InChI=1S/C24H28ClN5O2/c25-19-7-8-26-24(27-19)29-13-11-28(12-14-29)9-1-2-10-30-22(31)20-17-5-6-18(21(20)23(30)32)16-4-3-15(16)17/h3-8,15-18,31-32H,1-2,9-14H2. The number of nitrogens with zero attached hydrogens (tertiary/aromatic N) is 5. The fourth-order valence-corrected chi connectivity index (χ4v) is 6.05. The molecule has 1 aliphatic heterocycles. The summed E-state index contributed by atoms with van der Waals surface area (Å²) < 4.78 is 1.73. The van der Waals surface area contributed by atoms with Crippen LogP contribution in [-0.4, -0.2) is 62.4 Å². The van der Waals surface area contributed by atoms with Crippen LogP contribution in [0.3, 0.4) is 0 Å². The summed E-state index contributed by atoms with van der Waals surface area (Å²) in [6, 6.07) is 1.69. The highest BCUT2D eigenvalue weighted by atomic mass is 35.5. The fourth-order valence-electron chi connectivity index (χ4n) is 5.92. The van der Waals surface area contributed by atoms with Gasteiger partial charge in [-0.15, -0.1) is 0 Å². The number of aromatic hydroxyl groups is 2. The van der Waals surface area contributed by atoms with Crippen LogP contribution in [0.25, 0.3) is 0 Å². The number of rotatable bonds is 6. The van der Waals surface area contributed by atoms with Crippen LogP contribution >= 0.6 is 11.6 Å². The molecule has 2 N–H and O–H groups in total. The van der Waals surface area contributed by atoms with E-state index in [1.54, 1.807) is 16.8 Å². The minimum absolute atomic E-state index is 0.205. The molecule has 0 aromatic carbocycles. The first kappa shape index (κ1) is 20.1. The van der Waals surface area contributed by atoms with E-state index in [0.717, 1.165) is 56.7 Å². The van der Waals surface area contributed by atoms with E-state index in [0.29, 0.717) is 29.5 Å². The van der Waals surface area contributed by atoms with E-state index in [-0.39, 0.29) is 23.6 Å². The van der Waals surface area contributed by atoms with Crippen LogP contribution in [0.15, 0.2) is 36.6 Å². The molecule has 0 radical (unpaired) electrons. The topological polar surface area (TPSA) is 77.7 Å². The van der Waals surface area contributed by atoms with E-state index in [1.165, 1.54) is 0 Å². The summed E-state index contributed by atoms with van der Waals surface area (Å²) in [5.74, 6) is 2.61. The van der Waals surface area contributed by atoms with Crippen molar-refractivity contribution in [2.24, 2.45) is 11.8 Å². The van der Waals surface area contributed by atoms with Crippen molar-refractivity contribution in [2.45, 2.75) is 31.2 Å². The molecule has 7 rings (SSSR count). The Bertz CT molecular complexity index is 1040. The third-order valence-electron chi connectivity index (χ3n) is 7.68. The highest BCUT2D eigenvalue weighted by Crippen LogP contribution is 2.61. The van der Waals surface area contributed by atoms with Crippen molar-refractivity contribution in [3.05, 3.63) is 52.8 Å². The van der Waals surface area contributed by atoms with Crippen LogP contribution in [0.5, 0.6) is 11.8 Å². The summed E-state index contributed by atoms with van der Waals surface area (Å²) in [6.07, 6.45) is 12.6. The van der Waals surface area contributed by atoms with Gasteiger partial charge in [-0.1, -0.05) is 35.9 Å². The van der Waals surface area contributed by atoms with Crippen molar-refractivity contribution in [3.8, 4) is 11.8 Å². The van der Waals surface area contributed by atoms with Crippen molar-refractivity contribution >= 4 is 17.5 Å². The molecular formula is C24H28ClN5O2. The zero-order valence-corrected chi connectivity index (χ0v) is 18.7. The van der Waals surface area contributed by atoms with Gasteiger partial charge in [0.2, 0.25) is 5.95 Å². The molecule has 7 nitrogen and oxygen atoms in total. The maximum absolute atomic E-state index is 10.9. The lowest BCUT2D eigenvalue weighted by molar-refractivity contribution is 0.248. The van der Waals surface area contributed by atoms with Crippen LogP contribution in [0.4, 0.5) is 5.95 Å². The molecule has 1 fully saturated rings. The molecule has 4 atom stereocenters. The average Bonchev–Trinajstić information content (AvgIpc) is 3.03. The van der Waals surface area contributed by atoms with Crippen LogP contribution < -0.4 is 4.90 Å². The Labute approximate surface area is 192 Å². The number of hydrogen-bond acceptors (Lipinski definition) is 6. The predicted octanol–water partition coefficient (Wildman–Crippen LogP) is 3.50. The molecule has 5 aliphatic rings. The third kappa shape index (κ3) is 3.13. The van der Waals surface area contributed by atoms with Crippen molar-refractivity contribution in [2.75, 3.05) is 37.6 Å². The van der Waals surface area contributed by atoms with Crippen molar-refractivity contribution in [1.29, 1.82) is 0 Å². The highest BCUT2D eigenvalue weighted by Gasteiger charge is 2.49. The summed E-state index contributed by atoms with van der Waals surface area (Å²) in [6.45, 7) is 5.36. The van der Waals surface area contributed by atoms with Crippen LogP contribution in [0.1, 0.15) is 35.8 Å². The second kappa shape index (κ2) is 7.81. The quantitative estimate of drug-likeness (QED) is 0.396. The molecule has 32 heavy (non-hydrogen) atoms. The Kier molecular flexibility index (Phi) is 4.91. The Morgan fingerprint density at radius 3 is 2.09 bits per heavy atom. The molecule has 2 aromatic heterocycles. The first-order valence-electron chi connectivity index (χ1n) is 11.6. The predicted molar refractivity (Wildman–Crippen MR) is 123 cm³/mol. The number of allylic oxidation sites excluding steroid dienone is 4. The fraction of sp³-hybridized carbons (Fsp3) is 0.500. The molecular weight excluding hydrogens is 426 g/mol. The smallest absolute Gasteiger partial charge is 0.226 e. The number of unbranched alkanes of at least 4 members (excludes halogenated alkanes) is 1. The first-order valence-corrected chi connectivity index (χ1v) is 12.0. The van der Waals surface area contributed by atoms with E-state index < -0.39 is 0 Å². The van der Waals surface area contributed by atoms with Gasteiger partial charge in [0.25, 0.3) is 0 Å². The molecule has 168 valence electrons. The first-order chi connectivity index (χ1) is 15.6. The summed E-state index contributed by atoms with van der Waals surface area (Å²) in [4.78, 5) is 13.3. The van der Waals surface area contributed by atoms with Crippen molar-refractivity contribution < 1.29 is 10.2 Å². The second-order valence-corrected chi connectivity index (χ2v) is 9.70. The van der Waals surface area contributed by atoms with E-state index >= 15 is 0 Å². The zero-order valence-electron chi connectivity index (χ0n) is 17.9. The Balaban J connectivity index is 1.03. The lowest BCUT2D eigenvalue weighted by atomic mass is 9.56. The summed E-state index contributed by atoms with van der Waals surface area (Å²) in [5, 5.41) is 22.3. The number of halogens is 1. The minimum atomic E-state index is 0.205. The number of aromatic nitrogens is 3. The van der Waals surface area contributed by atoms with Gasteiger partial charge < -0.3 is 15.1 Å². The van der Waals surface area contributed by atoms with Crippen LogP contribution in [0, 0.1) is 11.8 Å². The van der Waals surface area contributed by atoms with Gasteiger partial charge >= 0.3 is 0 Å². The lowest BCUT2D eigenvalue weighted by Gasteiger charge is -2.47. The van der Waals surface area contributed by atoms with Gasteiger partial charge in [0.15, 0.2) is 11.8 Å². The van der Waals surface area contributed by atoms with E-state index in [1.807, 2.05) is 0 Å². The molecule has 1 saturated heterocycles. The van der Waals surface area contributed by atoms with Crippen molar-refractivity contribution in [1.82, 2.24) is 19.4 Å². The Hall–Kier alpha value is -2.51. The highest BCUT2D eigenvalue weighted by molar-refractivity contribution is 6.29. The number of hydrogen-bond donors (Lipinski definition) is 2. The summed E-state index contributed by atoms with van der Waals surface area (Å²) in [5.41, 5.74) is 1.92. The maximum Gasteiger partial charge on any atom is 0.226 e.